The lowest BCUT2D eigenvalue weighted by Crippen LogP contribution is -2.19. The van der Waals surface area contributed by atoms with Crippen LogP contribution in [0.2, 0.25) is 0 Å². The third-order valence-corrected chi connectivity index (χ3v) is 3.02. The lowest BCUT2D eigenvalue weighted by Gasteiger charge is -2.07. The molecule has 7 heteroatoms. The van der Waals surface area contributed by atoms with Gasteiger partial charge in [-0.05, 0) is 38.5 Å². The minimum absolute atomic E-state index is 0.171. The molecule has 0 aliphatic heterocycles. The van der Waals surface area contributed by atoms with Crippen LogP contribution in [-0.4, -0.2) is 34.5 Å². The lowest BCUT2D eigenvalue weighted by molar-refractivity contribution is -0.146. The van der Waals surface area contributed by atoms with Gasteiger partial charge in [0.05, 0.1) is 19.4 Å². The Bertz CT molecular complexity index is 729. The molecule has 0 saturated heterocycles. The zero-order chi connectivity index (χ0) is 16.8. The van der Waals surface area contributed by atoms with Crippen molar-refractivity contribution in [3.8, 4) is 0 Å². The first-order chi connectivity index (χ1) is 11.1. The number of nitrogens with zero attached hydrogens (tertiary/aromatic N) is 2. The van der Waals surface area contributed by atoms with Crippen molar-refractivity contribution in [1.82, 2.24) is 9.38 Å². The van der Waals surface area contributed by atoms with E-state index in [-0.39, 0.29) is 18.8 Å². The van der Waals surface area contributed by atoms with E-state index in [1.165, 1.54) is 6.20 Å². The summed E-state index contributed by atoms with van der Waals surface area (Å²) in [5, 5.41) is 2.90. The summed E-state index contributed by atoms with van der Waals surface area (Å²) in [5.41, 5.74) is 1.65. The molecule has 2 heterocycles. The number of aromatic nitrogens is 2. The van der Waals surface area contributed by atoms with Gasteiger partial charge in [-0.3, -0.25) is 4.40 Å². The predicted octanol–water partition coefficient (Wildman–Crippen LogP) is 2.06. The molecule has 122 valence electrons. The highest BCUT2D eigenvalue weighted by molar-refractivity contribution is 6.14. The lowest BCUT2D eigenvalue weighted by atomic mass is 10.3. The van der Waals surface area contributed by atoms with Gasteiger partial charge < -0.3 is 14.8 Å². The van der Waals surface area contributed by atoms with Crippen molar-refractivity contribution in [2.45, 2.75) is 20.8 Å². The molecule has 2 aromatic heterocycles. The van der Waals surface area contributed by atoms with Gasteiger partial charge in [0.2, 0.25) is 0 Å². The van der Waals surface area contributed by atoms with Gasteiger partial charge in [-0.2, -0.15) is 0 Å². The van der Waals surface area contributed by atoms with E-state index in [1.807, 2.05) is 25.3 Å². The maximum absolute atomic E-state index is 11.9. The second-order valence-corrected chi connectivity index (χ2v) is 4.72. The predicted molar refractivity (Wildman–Crippen MR) is 84.9 cm³/mol. The van der Waals surface area contributed by atoms with Gasteiger partial charge >= 0.3 is 11.9 Å². The number of pyridine rings is 1. The van der Waals surface area contributed by atoms with E-state index in [9.17, 15) is 9.59 Å². The summed E-state index contributed by atoms with van der Waals surface area (Å²) >= 11 is 0. The Kier molecular flexibility index (Phi) is 5.35. The first-order valence-electron chi connectivity index (χ1n) is 7.31. The Morgan fingerprint density at radius 2 is 1.91 bits per heavy atom. The molecule has 0 unspecified atom stereocenters. The number of hydrogen-bond donors (Lipinski definition) is 1. The van der Waals surface area contributed by atoms with E-state index in [1.54, 1.807) is 24.4 Å². The minimum atomic E-state index is -0.733. The van der Waals surface area contributed by atoms with Crippen molar-refractivity contribution in [2.24, 2.45) is 0 Å². The van der Waals surface area contributed by atoms with Crippen molar-refractivity contribution in [3.63, 3.8) is 0 Å². The van der Waals surface area contributed by atoms with Crippen LogP contribution in [0, 0.1) is 6.92 Å². The molecule has 2 aromatic rings. The summed E-state index contributed by atoms with van der Waals surface area (Å²) in [6.45, 7) is 5.65. The van der Waals surface area contributed by atoms with Crippen molar-refractivity contribution < 1.29 is 19.1 Å². The number of ether oxygens (including phenoxy) is 2. The number of carbonyl (C=O) groups excluding carboxylic acids is 2. The molecule has 0 aliphatic carbocycles. The summed E-state index contributed by atoms with van der Waals surface area (Å²) in [7, 11) is 0. The summed E-state index contributed by atoms with van der Waals surface area (Å²) in [5.74, 6) is -0.850. The number of rotatable bonds is 6. The summed E-state index contributed by atoms with van der Waals surface area (Å²) in [4.78, 5) is 28.0. The fourth-order valence-corrected chi connectivity index (χ4v) is 1.95. The van der Waals surface area contributed by atoms with E-state index >= 15 is 0 Å². The van der Waals surface area contributed by atoms with Crippen LogP contribution >= 0.6 is 0 Å². The normalized spacial score (nSPS) is 10.2. The molecular formula is C16H19N3O4. The van der Waals surface area contributed by atoms with Gasteiger partial charge in [0, 0.05) is 12.4 Å². The van der Waals surface area contributed by atoms with E-state index in [4.69, 9.17) is 9.47 Å². The molecule has 0 radical (unpaired) electrons. The largest absolute Gasteiger partial charge is 0.462 e. The van der Waals surface area contributed by atoms with Crippen LogP contribution in [0.25, 0.3) is 5.65 Å². The molecule has 7 nitrogen and oxygen atoms in total. The average molecular weight is 317 g/mol. The van der Waals surface area contributed by atoms with Gasteiger partial charge in [-0.1, -0.05) is 0 Å². The van der Waals surface area contributed by atoms with Gasteiger partial charge in [0.25, 0.3) is 0 Å². The third kappa shape index (κ3) is 3.88. The molecule has 0 aliphatic rings. The van der Waals surface area contributed by atoms with Crippen LogP contribution in [0.4, 0.5) is 5.82 Å². The Morgan fingerprint density at radius 1 is 1.26 bits per heavy atom. The third-order valence-electron chi connectivity index (χ3n) is 3.02. The molecule has 1 N–H and O–H groups in total. The first kappa shape index (κ1) is 16.5. The zero-order valence-corrected chi connectivity index (χ0v) is 13.3. The molecular weight excluding hydrogens is 298 g/mol. The molecule has 0 atom stereocenters. The summed E-state index contributed by atoms with van der Waals surface area (Å²) in [6, 6.07) is 3.85. The minimum Gasteiger partial charge on any atom is -0.462 e. The Hall–Kier alpha value is -2.83. The topological polar surface area (TPSA) is 81.9 Å². The van der Waals surface area contributed by atoms with Crippen LogP contribution in [-0.2, 0) is 19.1 Å². The van der Waals surface area contributed by atoms with Crippen LogP contribution in [0.15, 0.2) is 36.3 Å². The number of fused-ring (bicyclic) bond motifs is 1. The second-order valence-electron chi connectivity index (χ2n) is 4.72. The van der Waals surface area contributed by atoms with E-state index in [0.29, 0.717) is 5.82 Å². The molecule has 0 spiro atoms. The van der Waals surface area contributed by atoms with Crippen molar-refractivity contribution >= 4 is 23.4 Å². The first-order valence-corrected chi connectivity index (χ1v) is 7.31. The van der Waals surface area contributed by atoms with Gasteiger partial charge in [0.1, 0.15) is 11.5 Å². The van der Waals surface area contributed by atoms with Gasteiger partial charge in [0.15, 0.2) is 5.57 Å². The number of nitrogens with one attached hydrogen (secondary N) is 1. The number of carbonyl (C=O) groups is 2. The average Bonchev–Trinajstić information content (AvgIpc) is 2.90. The molecule has 0 aromatic carbocycles. The highest BCUT2D eigenvalue weighted by Crippen LogP contribution is 2.14. The van der Waals surface area contributed by atoms with Crippen LogP contribution in [0.5, 0.6) is 0 Å². The smallest absolute Gasteiger partial charge is 0.347 e. The monoisotopic (exact) mass is 317 g/mol. The maximum atomic E-state index is 11.9. The number of esters is 2. The Morgan fingerprint density at radius 3 is 2.52 bits per heavy atom. The number of anilines is 1. The standard InChI is InChI=1S/C16H19N3O4/c1-4-22-15(20)12(16(21)23-5-2)9-17-14-10-18-13-8-11(3)6-7-19(13)14/h6-10,17H,4-5H2,1-3H3. The molecule has 23 heavy (non-hydrogen) atoms. The Labute approximate surface area is 133 Å². The second kappa shape index (κ2) is 7.44. The molecule has 0 amide bonds. The van der Waals surface area contributed by atoms with Crippen LogP contribution in [0.3, 0.4) is 0 Å². The number of imidazole rings is 1. The molecule has 0 saturated carbocycles. The highest BCUT2D eigenvalue weighted by atomic mass is 16.6. The van der Waals surface area contributed by atoms with Crippen LogP contribution in [0.1, 0.15) is 19.4 Å². The molecule has 0 fully saturated rings. The van der Waals surface area contributed by atoms with Crippen LogP contribution < -0.4 is 5.32 Å². The van der Waals surface area contributed by atoms with E-state index in [0.717, 1.165) is 11.2 Å². The quantitative estimate of drug-likeness (QED) is 0.380. The number of aryl methyl sites for hydroxylation is 1. The van der Waals surface area contributed by atoms with Crippen molar-refractivity contribution in [2.75, 3.05) is 18.5 Å². The molecule has 2 rings (SSSR count). The van der Waals surface area contributed by atoms with Crippen molar-refractivity contribution in [1.29, 1.82) is 0 Å². The fraction of sp³-hybridized carbons (Fsp3) is 0.312. The van der Waals surface area contributed by atoms with Gasteiger partial charge in [-0.25, -0.2) is 14.6 Å². The summed E-state index contributed by atoms with van der Waals surface area (Å²) in [6.07, 6.45) is 4.74. The zero-order valence-electron chi connectivity index (χ0n) is 13.3. The maximum Gasteiger partial charge on any atom is 0.347 e. The van der Waals surface area contributed by atoms with E-state index < -0.39 is 11.9 Å². The van der Waals surface area contributed by atoms with E-state index in [2.05, 4.69) is 10.3 Å². The number of hydrogen-bond acceptors (Lipinski definition) is 6. The SMILES string of the molecule is CCOC(=O)C(=CNc1cnc2cc(C)ccn12)C(=O)OCC. The molecule has 0 bridgehead atoms. The highest BCUT2D eigenvalue weighted by Gasteiger charge is 2.21. The van der Waals surface area contributed by atoms with Crippen molar-refractivity contribution in [3.05, 3.63) is 41.9 Å². The summed E-state index contributed by atoms with van der Waals surface area (Å²) < 4.78 is 11.6. The fourth-order valence-electron chi connectivity index (χ4n) is 1.95. The van der Waals surface area contributed by atoms with Gasteiger partial charge in [-0.15, -0.1) is 0 Å². The Balaban J connectivity index is 2.27.